The molecule has 1 aromatic carbocycles. The number of fused-ring (bicyclic) bond motifs is 2. The standard InChI is InChI=1S/C14H20O3Si/c1-14(2,3)18(4,5)17-12-7-6-11-8-10(12)9-13(15)16-11/h6-8H,9H2,1-5H3. The average molecular weight is 264 g/mol. The molecule has 1 aliphatic rings. The van der Waals surface area contributed by atoms with Gasteiger partial charge < -0.3 is 9.16 Å². The van der Waals surface area contributed by atoms with Crippen LogP contribution in [0.5, 0.6) is 11.5 Å². The fraction of sp³-hybridized carbons (Fsp3) is 0.500. The van der Waals surface area contributed by atoms with Gasteiger partial charge in [-0.1, -0.05) is 20.8 Å². The topological polar surface area (TPSA) is 35.5 Å². The molecule has 1 aliphatic heterocycles. The third kappa shape index (κ3) is 2.43. The van der Waals surface area contributed by atoms with Gasteiger partial charge in [-0.25, -0.2) is 0 Å². The van der Waals surface area contributed by atoms with Crippen LogP contribution in [0.3, 0.4) is 0 Å². The van der Waals surface area contributed by atoms with Crippen LogP contribution in [0, 0.1) is 0 Å². The second-order valence-electron chi connectivity index (χ2n) is 6.28. The summed E-state index contributed by atoms with van der Waals surface area (Å²) in [5.41, 5.74) is 0.938. The zero-order valence-corrected chi connectivity index (χ0v) is 12.7. The number of rotatable bonds is 2. The number of carbonyl (C=O) groups is 1. The fourth-order valence-corrected chi connectivity index (χ4v) is 2.66. The quantitative estimate of drug-likeness (QED) is 0.465. The molecule has 0 aliphatic carbocycles. The van der Waals surface area contributed by atoms with Crippen molar-refractivity contribution in [3.63, 3.8) is 0 Å². The molecule has 0 N–H and O–H groups in total. The van der Waals surface area contributed by atoms with Crippen molar-refractivity contribution in [1.82, 2.24) is 0 Å². The molecule has 2 rings (SSSR count). The number of esters is 1. The Bertz CT molecular complexity index is 486. The Hall–Kier alpha value is -1.29. The normalized spacial score (nSPS) is 15.3. The molecule has 0 saturated carbocycles. The van der Waals surface area contributed by atoms with Crippen molar-refractivity contribution in [3.05, 3.63) is 23.8 Å². The number of carbonyl (C=O) groups excluding carboxylic acids is 1. The lowest BCUT2D eigenvalue weighted by Crippen LogP contribution is -2.44. The molecule has 0 amide bonds. The van der Waals surface area contributed by atoms with Crippen LogP contribution in [0.1, 0.15) is 26.3 Å². The van der Waals surface area contributed by atoms with Crippen molar-refractivity contribution in [2.24, 2.45) is 0 Å². The van der Waals surface area contributed by atoms with Gasteiger partial charge >= 0.3 is 5.97 Å². The molecule has 0 fully saturated rings. The Morgan fingerprint density at radius 3 is 2.56 bits per heavy atom. The number of benzene rings is 1. The average Bonchev–Trinajstić information content (AvgIpc) is 2.20. The van der Waals surface area contributed by atoms with Crippen molar-refractivity contribution in [2.45, 2.75) is 45.3 Å². The van der Waals surface area contributed by atoms with Gasteiger partial charge in [0.1, 0.15) is 11.5 Å². The third-order valence-corrected chi connectivity index (χ3v) is 8.11. The van der Waals surface area contributed by atoms with E-state index < -0.39 is 8.32 Å². The van der Waals surface area contributed by atoms with Crippen LogP contribution in [0.25, 0.3) is 0 Å². The van der Waals surface area contributed by atoms with E-state index in [1.165, 1.54) is 0 Å². The highest BCUT2D eigenvalue weighted by Crippen LogP contribution is 2.39. The summed E-state index contributed by atoms with van der Waals surface area (Å²) < 4.78 is 11.3. The predicted octanol–water partition coefficient (Wildman–Crippen LogP) is 3.53. The van der Waals surface area contributed by atoms with E-state index in [0.29, 0.717) is 12.2 Å². The largest absolute Gasteiger partial charge is 0.543 e. The first-order valence-corrected chi connectivity index (χ1v) is 9.12. The van der Waals surface area contributed by atoms with E-state index in [2.05, 4.69) is 33.9 Å². The van der Waals surface area contributed by atoms with Crippen LogP contribution in [-0.2, 0) is 11.2 Å². The smallest absolute Gasteiger partial charge is 0.315 e. The minimum Gasteiger partial charge on any atom is -0.543 e. The number of ether oxygens (including phenoxy) is 1. The van der Waals surface area contributed by atoms with Gasteiger partial charge in [-0.2, -0.15) is 0 Å². The van der Waals surface area contributed by atoms with Gasteiger partial charge in [-0.15, -0.1) is 0 Å². The van der Waals surface area contributed by atoms with E-state index in [0.717, 1.165) is 11.3 Å². The first kappa shape index (κ1) is 13.1. The van der Waals surface area contributed by atoms with Crippen LogP contribution in [0.15, 0.2) is 18.2 Å². The van der Waals surface area contributed by atoms with Gasteiger partial charge in [0.2, 0.25) is 8.32 Å². The van der Waals surface area contributed by atoms with Gasteiger partial charge in [0.25, 0.3) is 0 Å². The lowest BCUT2D eigenvalue weighted by Gasteiger charge is -2.37. The molecular formula is C14H20O3Si. The van der Waals surface area contributed by atoms with Gasteiger partial charge in [0.15, 0.2) is 0 Å². The summed E-state index contributed by atoms with van der Waals surface area (Å²) in [6.45, 7) is 11.0. The van der Waals surface area contributed by atoms with Gasteiger partial charge in [-0.3, -0.25) is 4.79 Å². The fourth-order valence-electron chi connectivity index (χ4n) is 1.61. The first-order chi connectivity index (χ1) is 8.19. The highest BCUT2D eigenvalue weighted by atomic mass is 28.4. The zero-order chi connectivity index (χ0) is 13.6. The van der Waals surface area contributed by atoms with Crippen LogP contribution in [0.4, 0.5) is 0 Å². The predicted molar refractivity (Wildman–Crippen MR) is 73.6 cm³/mol. The van der Waals surface area contributed by atoms with Crippen LogP contribution in [0.2, 0.25) is 18.1 Å². The van der Waals surface area contributed by atoms with Crippen molar-refractivity contribution in [1.29, 1.82) is 0 Å². The lowest BCUT2D eigenvalue weighted by molar-refractivity contribution is -0.134. The number of hydrogen-bond acceptors (Lipinski definition) is 3. The Labute approximate surface area is 109 Å². The first-order valence-electron chi connectivity index (χ1n) is 6.22. The third-order valence-electron chi connectivity index (χ3n) is 3.77. The Kier molecular flexibility index (Phi) is 3.01. The molecule has 1 aromatic rings. The molecule has 1 heterocycles. The summed E-state index contributed by atoms with van der Waals surface area (Å²) in [7, 11) is -1.86. The molecule has 0 spiro atoms. The maximum absolute atomic E-state index is 11.4. The Balaban J connectivity index is 2.30. The van der Waals surface area contributed by atoms with E-state index in [9.17, 15) is 4.79 Å². The van der Waals surface area contributed by atoms with E-state index in [4.69, 9.17) is 9.16 Å². The highest BCUT2D eigenvalue weighted by molar-refractivity contribution is 6.74. The van der Waals surface area contributed by atoms with E-state index in [1.54, 1.807) is 6.07 Å². The molecule has 0 saturated heterocycles. The highest BCUT2D eigenvalue weighted by Gasteiger charge is 2.39. The second kappa shape index (κ2) is 4.12. The lowest BCUT2D eigenvalue weighted by atomic mass is 10.1. The molecule has 0 aromatic heterocycles. The minimum atomic E-state index is -1.86. The monoisotopic (exact) mass is 264 g/mol. The maximum Gasteiger partial charge on any atom is 0.315 e. The zero-order valence-electron chi connectivity index (χ0n) is 11.7. The van der Waals surface area contributed by atoms with E-state index in [-0.39, 0.29) is 11.0 Å². The van der Waals surface area contributed by atoms with Gasteiger partial charge in [0, 0.05) is 5.56 Å². The molecule has 3 nitrogen and oxygen atoms in total. The van der Waals surface area contributed by atoms with E-state index >= 15 is 0 Å². The van der Waals surface area contributed by atoms with Crippen molar-refractivity contribution in [3.8, 4) is 11.5 Å². The Morgan fingerprint density at radius 1 is 1.28 bits per heavy atom. The molecule has 4 heteroatoms. The molecule has 0 unspecified atom stereocenters. The minimum absolute atomic E-state index is 0.146. The van der Waals surface area contributed by atoms with Crippen LogP contribution < -0.4 is 9.16 Å². The summed E-state index contributed by atoms with van der Waals surface area (Å²) in [4.78, 5) is 11.4. The molecule has 0 atom stereocenters. The van der Waals surface area contributed by atoms with Gasteiger partial charge in [-0.05, 0) is 36.3 Å². The Morgan fingerprint density at radius 2 is 1.94 bits per heavy atom. The van der Waals surface area contributed by atoms with E-state index in [1.807, 2.05) is 12.1 Å². The molecule has 2 bridgehead atoms. The van der Waals surface area contributed by atoms with Crippen LogP contribution in [-0.4, -0.2) is 14.3 Å². The van der Waals surface area contributed by atoms with Crippen molar-refractivity contribution >= 4 is 14.3 Å². The molecular weight excluding hydrogens is 244 g/mol. The summed E-state index contributed by atoms with van der Waals surface area (Å²) in [5, 5.41) is 0.146. The number of hydrogen-bond donors (Lipinski definition) is 0. The second-order valence-corrected chi connectivity index (χ2v) is 11.0. The summed E-state index contributed by atoms with van der Waals surface area (Å²) in [5.74, 6) is 1.24. The van der Waals surface area contributed by atoms with Crippen LogP contribution >= 0.6 is 0 Å². The van der Waals surface area contributed by atoms with Gasteiger partial charge in [0.05, 0.1) is 6.42 Å². The maximum atomic E-state index is 11.4. The van der Waals surface area contributed by atoms with Crippen molar-refractivity contribution < 1.29 is 14.0 Å². The van der Waals surface area contributed by atoms with Crippen molar-refractivity contribution in [2.75, 3.05) is 0 Å². The summed E-state index contributed by atoms with van der Waals surface area (Å²) in [6.07, 6.45) is 0.303. The molecule has 98 valence electrons. The summed E-state index contributed by atoms with van der Waals surface area (Å²) >= 11 is 0. The summed E-state index contributed by atoms with van der Waals surface area (Å²) in [6, 6.07) is 5.60. The molecule has 18 heavy (non-hydrogen) atoms. The SMILES string of the molecule is CC(C)(C)[Si](C)(C)Oc1ccc2cc1CC(=O)O2. The molecule has 0 radical (unpaired) electrons.